The van der Waals surface area contributed by atoms with Crippen LogP contribution in [0.1, 0.15) is 18.4 Å². The average Bonchev–Trinajstić information content (AvgIpc) is 2.47. The number of nitrogens with two attached hydrogens (primary N) is 2. The summed E-state index contributed by atoms with van der Waals surface area (Å²) >= 11 is 6.24. The average molecular weight is 364 g/mol. The number of benzene rings is 1. The van der Waals surface area contributed by atoms with Crippen LogP contribution in [0.3, 0.4) is 0 Å². The number of primary amides is 1. The van der Waals surface area contributed by atoms with E-state index in [1.54, 1.807) is 0 Å². The number of methoxy groups -OCH3 is 1. The molecule has 8 heteroatoms. The molecule has 1 aromatic rings. The molecule has 1 aliphatic rings. The SMILES string of the molecule is COc1cc(CN2CCC(N)CC2)cc(Cl)c1OCC(N)=O.Cl. The summed E-state index contributed by atoms with van der Waals surface area (Å²) in [5.41, 5.74) is 12.0. The van der Waals surface area contributed by atoms with Crippen LogP contribution in [-0.4, -0.2) is 43.7 Å². The molecule has 0 spiro atoms. The first-order valence-electron chi connectivity index (χ1n) is 7.25. The number of ether oxygens (including phenoxy) is 2. The number of piperidine rings is 1. The maximum atomic E-state index is 10.8. The number of halogens is 2. The summed E-state index contributed by atoms with van der Waals surface area (Å²) in [6, 6.07) is 4.00. The fourth-order valence-electron chi connectivity index (χ4n) is 2.52. The molecule has 1 fully saturated rings. The highest BCUT2D eigenvalue weighted by molar-refractivity contribution is 6.32. The topological polar surface area (TPSA) is 90.8 Å². The Balaban J connectivity index is 0.00000264. The minimum absolute atomic E-state index is 0. The van der Waals surface area contributed by atoms with Gasteiger partial charge in [0, 0.05) is 12.6 Å². The van der Waals surface area contributed by atoms with E-state index >= 15 is 0 Å². The van der Waals surface area contributed by atoms with Crippen molar-refractivity contribution in [2.24, 2.45) is 11.5 Å². The summed E-state index contributed by atoms with van der Waals surface area (Å²) in [6.07, 6.45) is 2.01. The first kappa shape index (κ1) is 19.8. The lowest BCUT2D eigenvalue weighted by Gasteiger charge is -2.30. The Hall–Kier alpha value is -1.21. The van der Waals surface area contributed by atoms with Crippen molar-refractivity contribution in [2.45, 2.75) is 25.4 Å². The van der Waals surface area contributed by atoms with Crippen molar-refractivity contribution in [1.82, 2.24) is 4.90 Å². The molecule has 2 rings (SSSR count). The molecule has 1 aliphatic heterocycles. The molecule has 6 nitrogen and oxygen atoms in total. The van der Waals surface area contributed by atoms with Crippen LogP contribution in [0, 0.1) is 0 Å². The van der Waals surface area contributed by atoms with E-state index in [2.05, 4.69) is 4.90 Å². The Morgan fingerprint density at radius 2 is 2.04 bits per heavy atom. The maximum Gasteiger partial charge on any atom is 0.255 e. The monoisotopic (exact) mass is 363 g/mol. The van der Waals surface area contributed by atoms with Gasteiger partial charge >= 0.3 is 0 Å². The highest BCUT2D eigenvalue weighted by Crippen LogP contribution is 2.36. The molecule has 0 aromatic heterocycles. The van der Waals surface area contributed by atoms with E-state index in [1.807, 2.05) is 12.1 Å². The van der Waals surface area contributed by atoms with Gasteiger partial charge in [0.05, 0.1) is 12.1 Å². The molecule has 0 aliphatic carbocycles. The van der Waals surface area contributed by atoms with Crippen LogP contribution < -0.4 is 20.9 Å². The minimum atomic E-state index is -0.563. The molecule has 130 valence electrons. The van der Waals surface area contributed by atoms with Gasteiger partial charge in [-0.15, -0.1) is 12.4 Å². The van der Waals surface area contributed by atoms with Crippen LogP contribution in [0.5, 0.6) is 11.5 Å². The molecule has 0 saturated carbocycles. The second-order valence-electron chi connectivity index (χ2n) is 5.48. The smallest absolute Gasteiger partial charge is 0.255 e. The van der Waals surface area contributed by atoms with Gasteiger partial charge in [-0.25, -0.2) is 0 Å². The van der Waals surface area contributed by atoms with Gasteiger partial charge in [0.15, 0.2) is 18.1 Å². The van der Waals surface area contributed by atoms with Crippen LogP contribution >= 0.6 is 24.0 Å². The normalized spacial score (nSPS) is 15.8. The number of hydrogen-bond donors (Lipinski definition) is 2. The summed E-state index contributed by atoms with van der Waals surface area (Å²) in [7, 11) is 1.53. The third-order valence-electron chi connectivity index (χ3n) is 3.69. The lowest BCUT2D eigenvalue weighted by Crippen LogP contribution is -2.39. The fourth-order valence-corrected chi connectivity index (χ4v) is 2.80. The molecule has 0 bridgehead atoms. The summed E-state index contributed by atoms with van der Waals surface area (Å²) in [6.45, 7) is 2.49. The highest BCUT2D eigenvalue weighted by atomic mass is 35.5. The Morgan fingerprint density at radius 3 is 2.61 bits per heavy atom. The van der Waals surface area contributed by atoms with Gasteiger partial charge in [-0.05, 0) is 43.6 Å². The van der Waals surface area contributed by atoms with E-state index in [9.17, 15) is 4.79 Å². The lowest BCUT2D eigenvalue weighted by atomic mass is 10.1. The molecule has 1 aromatic carbocycles. The largest absolute Gasteiger partial charge is 0.493 e. The second-order valence-corrected chi connectivity index (χ2v) is 5.88. The quantitative estimate of drug-likeness (QED) is 0.800. The third kappa shape index (κ3) is 5.73. The number of carbonyl (C=O) groups is 1. The fraction of sp³-hybridized carbons (Fsp3) is 0.533. The van der Waals surface area contributed by atoms with E-state index in [-0.39, 0.29) is 19.0 Å². The maximum absolute atomic E-state index is 10.8. The van der Waals surface area contributed by atoms with Crippen LogP contribution in [0.25, 0.3) is 0 Å². The van der Waals surface area contributed by atoms with E-state index in [0.717, 1.165) is 38.0 Å². The first-order chi connectivity index (χ1) is 10.5. The van der Waals surface area contributed by atoms with Crippen molar-refractivity contribution in [3.63, 3.8) is 0 Å². The zero-order chi connectivity index (χ0) is 16.1. The number of likely N-dealkylation sites (tertiary alicyclic amines) is 1. The molecule has 0 unspecified atom stereocenters. The van der Waals surface area contributed by atoms with Gasteiger partial charge in [0.1, 0.15) is 0 Å². The zero-order valence-corrected chi connectivity index (χ0v) is 14.7. The number of amides is 1. The lowest BCUT2D eigenvalue weighted by molar-refractivity contribution is -0.119. The minimum Gasteiger partial charge on any atom is -0.493 e. The van der Waals surface area contributed by atoms with E-state index < -0.39 is 5.91 Å². The predicted octanol–water partition coefficient (Wildman–Crippen LogP) is 1.56. The molecule has 1 amide bonds. The van der Waals surface area contributed by atoms with Gasteiger partial charge in [-0.3, -0.25) is 9.69 Å². The molecule has 0 atom stereocenters. The second kappa shape index (κ2) is 9.17. The van der Waals surface area contributed by atoms with Crippen molar-refractivity contribution < 1.29 is 14.3 Å². The van der Waals surface area contributed by atoms with Crippen LogP contribution in [0.2, 0.25) is 5.02 Å². The van der Waals surface area contributed by atoms with Crippen molar-refractivity contribution in [3.8, 4) is 11.5 Å². The van der Waals surface area contributed by atoms with E-state index in [4.69, 9.17) is 32.5 Å². The van der Waals surface area contributed by atoms with Crippen LogP contribution in [0.15, 0.2) is 12.1 Å². The molecule has 23 heavy (non-hydrogen) atoms. The van der Waals surface area contributed by atoms with Crippen LogP contribution in [-0.2, 0) is 11.3 Å². The molecule has 4 N–H and O–H groups in total. The van der Waals surface area contributed by atoms with Crippen molar-refractivity contribution >= 4 is 29.9 Å². The van der Waals surface area contributed by atoms with Crippen molar-refractivity contribution in [2.75, 3.05) is 26.8 Å². The van der Waals surface area contributed by atoms with Gasteiger partial charge in [0.2, 0.25) is 0 Å². The summed E-state index contributed by atoms with van der Waals surface area (Å²) in [5.74, 6) is 0.275. The van der Waals surface area contributed by atoms with E-state index in [0.29, 0.717) is 22.6 Å². The Labute approximate surface area is 147 Å². The summed E-state index contributed by atoms with van der Waals surface area (Å²) in [4.78, 5) is 13.2. The van der Waals surface area contributed by atoms with Crippen LogP contribution in [0.4, 0.5) is 0 Å². The number of nitrogens with zero attached hydrogens (tertiary/aromatic N) is 1. The van der Waals surface area contributed by atoms with Gasteiger partial charge in [0.25, 0.3) is 5.91 Å². The molecule has 1 heterocycles. The van der Waals surface area contributed by atoms with Crippen molar-refractivity contribution in [1.29, 1.82) is 0 Å². The standard InChI is InChI=1S/C15H22ClN3O3.ClH/c1-21-13-7-10(8-19-4-2-11(17)3-5-19)6-12(16)15(13)22-9-14(18)20;/h6-7,11H,2-5,8-9,17H2,1H3,(H2,18,20);1H. The van der Waals surface area contributed by atoms with Gasteiger partial charge in [-0.2, -0.15) is 0 Å². The Bertz CT molecular complexity index is 535. The van der Waals surface area contributed by atoms with Gasteiger partial charge < -0.3 is 20.9 Å². The highest BCUT2D eigenvalue weighted by Gasteiger charge is 2.18. The third-order valence-corrected chi connectivity index (χ3v) is 3.97. The first-order valence-corrected chi connectivity index (χ1v) is 7.63. The molecule has 1 saturated heterocycles. The van der Waals surface area contributed by atoms with E-state index in [1.165, 1.54) is 7.11 Å². The molecular weight excluding hydrogens is 341 g/mol. The Morgan fingerprint density at radius 1 is 1.39 bits per heavy atom. The predicted molar refractivity (Wildman–Crippen MR) is 92.4 cm³/mol. The molecular formula is C15H23Cl2N3O3. The van der Waals surface area contributed by atoms with Gasteiger partial charge in [-0.1, -0.05) is 11.6 Å². The molecule has 0 radical (unpaired) electrons. The Kier molecular flexibility index (Phi) is 7.91. The summed E-state index contributed by atoms with van der Waals surface area (Å²) < 4.78 is 10.6. The summed E-state index contributed by atoms with van der Waals surface area (Å²) in [5, 5.41) is 0.407. The number of carbonyl (C=O) groups excluding carboxylic acids is 1. The van der Waals surface area contributed by atoms with Crippen molar-refractivity contribution in [3.05, 3.63) is 22.7 Å². The number of rotatable bonds is 6. The zero-order valence-electron chi connectivity index (χ0n) is 13.1. The number of hydrogen-bond acceptors (Lipinski definition) is 5.